The monoisotopic (exact) mass is 207 g/mol. The Labute approximate surface area is 88.0 Å². The van der Waals surface area contributed by atoms with Crippen LogP contribution in [0.4, 0.5) is 0 Å². The van der Waals surface area contributed by atoms with Gasteiger partial charge in [-0.15, -0.1) is 0 Å². The molecule has 0 fully saturated rings. The first kappa shape index (κ1) is 9.98. The lowest BCUT2D eigenvalue weighted by Crippen LogP contribution is -2.26. The van der Waals surface area contributed by atoms with Crippen LogP contribution in [0.2, 0.25) is 0 Å². The first-order valence-corrected chi connectivity index (χ1v) is 4.81. The van der Waals surface area contributed by atoms with Crippen molar-refractivity contribution < 1.29 is 14.3 Å². The maximum absolute atomic E-state index is 11.3. The van der Waals surface area contributed by atoms with Gasteiger partial charge in [0.25, 0.3) is 0 Å². The summed E-state index contributed by atoms with van der Waals surface area (Å²) in [7, 11) is 1.36. The normalized spacial score (nSPS) is 18.1. The Kier molecular flexibility index (Phi) is 2.60. The summed E-state index contributed by atoms with van der Waals surface area (Å²) in [5, 5.41) is 0. The zero-order valence-electron chi connectivity index (χ0n) is 8.53. The molecule has 0 bridgehead atoms. The molecule has 0 radical (unpaired) electrons. The van der Waals surface area contributed by atoms with Crippen LogP contribution in [0.1, 0.15) is 11.1 Å². The van der Waals surface area contributed by atoms with Gasteiger partial charge in [-0.2, -0.15) is 0 Å². The van der Waals surface area contributed by atoms with Crippen LogP contribution < -0.4 is 10.5 Å². The Bertz CT molecular complexity index is 389. The van der Waals surface area contributed by atoms with Crippen molar-refractivity contribution in [3.63, 3.8) is 0 Å². The number of carbonyl (C=O) groups is 1. The van der Waals surface area contributed by atoms with Crippen molar-refractivity contribution in [1.29, 1.82) is 0 Å². The molecule has 1 aromatic rings. The largest absolute Gasteiger partial charge is 0.478 e. The molecule has 0 spiro atoms. The fraction of sp³-hybridized carbons (Fsp3) is 0.364. The zero-order valence-corrected chi connectivity index (χ0v) is 8.53. The second kappa shape index (κ2) is 3.90. The third-order valence-electron chi connectivity index (χ3n) is 2.50. The fourth-order valence-corrected chi connectivity index (χ4v) is 1.69. The molecule has 1 heterocycles. The standard InChI is InChI=1S/C11H13NO3/c1-14-11(13)10-5-8-4-7(6-12)2-3-9(8)15-10/h2-4,10H,5-6,12H2,1H3. The van der Waals surface area contributed by atoms with Crippen LogP contribution in [-0.2, 0) is 22.5 Å². The van der Waals surface area contributed by atoms with Gasteiger partial charge >= 0.3 is 5.97 Å². The van der Waals surface area contributed by atoms with E-state index in [0.29, 0.717) is 13.0 Å². The second-order valence-corrected chi connectivity index (χ2v) is 3.48. The van der Waals surface area contributed by atoms with E-state index in [1.54, 1.807) is 0 Å². The highest BCUT2D eigenvalue weighted by Gasteiger charge is 2.29. The molecule has 1 aliphatic rings. The van der Waals surface area contributed by atoms with Gasteiger partial charge in [-0.25, -0.2) is 4.79 Å². The maximum atomic E-state index is 11.3. The van der Waals surface area contributed by atoms with Crippen molar-refractivity contribution in [2.24, 2.45) is 5.73 Å². The van der Waals surface area contributed by atoms with E-state index in [1.807, 2.05) is 18.2 Å². The number of rotatable bonds is 2. The lowest BCUT2D eigenvalue weighted by atomic mass is 10.1. The molecule has 1 atom stereocenters. The molecule has 1 aromatic carbocycles. The van der Waals surface area contributed by atoms with Gasteiger partial charge in [0, 0.05) is 13.0 Å². The lowest BCUT2D eigenvalue weighted by Gasteiger charge is -2.06. The molecule has 15 heavy (non-hydrogen) atoms. The molecule has 0 saturated carbocycles. The minimum absolute atomic E-state index is 0.333. The summed E-state index contributed by atoms with van der Waals surface area (Å²) in [5.74, 6) is 0.420. The zero-order chi connectivity index (χ0) is 10.8. The number of ether oxygens (including phenoxy) is 2. The quantitative estimate of drug-likeness (QED) is 0.722. The van der Waals surface area contributed by atoms with Crippen molar-refractivity contribution in [3.8, 4) is 5.75 Å². The number of benzene rings is 1. The predicted octanol–water partition coefficient (Wildman–Crippen LogP) is 0.622. The van der Waals surface area contributed by atoms with Crippen molar-refractivity contribution in [1.82, 2.24) is 0 Å². The highest BCUT2D eigenvalue weighted by molar-refractivity contribution is 5.76. The van der Waals surface area contributed by atoms with Gasteiger partial charge in [0.15, 0.2) is 6.10 Å². The lowest BCUT2D eigenvalue weighted by molar-refractivity contribution is -0.147. The number of esters is 1. The molecule has 4 heteroatoms. The van der Waals surface area contributed by atoms with E-state index >= 15 is 0 Å². The molecule has 2 N–H and O–H groups in total. The van der Waals surface area contributed by atoms with Gasteiger partial charge in [-0.1, -0.05) is 12.1 Å². The minimum atomic E-state index is -0.502. The smallest absolute Gasteiger partial charge is 0.347 e. The predicted molar refractivity (Wildman–Crippen MR) is 54.5 cm³/mol. The van der Waals surface area contributed by atoms with Gasteiger partial charge in [0.1, 0.15) is 5.75 Å². The van der Waals surface area contributed by atoms with Crippen molar-refractivity contribution in [3.05, 3.63) is 29.3 Å². The van der Waals surface area contributed by atoms with Crippen LogP contribution in [0, 0.1) is 0 Å². The van der Waals surface area contributed by atoms with Gasteiger partial charge < -0.3 is 15.2 Å². The van der Waals surface area contributed by atoms with Crippen LogP contribution in [0.3, 0.4) is 0 Å². The van der Waals surface area contributed by atoms with Crippen molar-refractivity contribution in [2.75, 3.05) is 7.11 Å². The van der Waals surface area contributed by atoms with Gasteiger partial charge in [-0.05, 0) is 17.2 Å². The molecular weight excluding hydrogens is 194 g/mol. The van der Waals surface area contributed by atoms with E-state index < -0.39 is 6.10 Å². The molecule has 0 aromatic heterocycles. The number of hydrogen-bond acceptors (Lipinski definition) is 4. The SMILES string of the molecule is COC(=O)C1Cc2cc(CN)ccc2O1. The Morgan fingerprint density at radius 3 is 3.13 bits per heavy atom. The molecule has 0 aliphatic carbocycles. The maximum Gasteiger partial charge on any atom is 0.347 e. The van der Waals surface area contributed by atoms with E-state index in [1.165, 1.54) is 7.11 Å². The average molecular weight is 207 g/mol. The number of nitrogens with two attached hydrogens (primary N) is 1. The van der Waals surface area contributed by atoms with E-state index in [4.69, 9.17) is 10.5 Å². The molecular formula is C11H13NO3. The van der Waals surface area contributed by atoms with E-state index in [0.717, 1.165) is 16.9 Å². The number of carbonyl (C=O) groups excluding carboxylic acids is 1. The Balaban J connectivity index is 2.20. The van der Waals surface area contributed by atoms with E-state index in [2.05, 4.69) is 4.74 Å². The molecule has 4 nitrogen and oxygen atoms in total. The summed E-state index contributed by atoms with van der Waals surface area (Å²) in [5.41, 5.74) is 7.60. The third-order valence-corrected chi connectivity index (χ3v) is 2.50. The Morgan fingerprint density at radius 2 is 2.47 bits per heavy atom. The highest BCUT2D eigenvalue weighted by Crippen LogP contribution is 2.29. The summed E-state index contributed by atoms with van der Waals surface area (Å²) in [6, 6.07) is 5.72. The molecule has 1 unspecified atom stereocenters. The van der Waals surface area contributed by atoms with Crippen LogP contribution in [0.5, 0.6) is 5.75 Å². The number of hydrogen-bond donors (Lipinski definition) is 1. The highest BCUT2D eigenvalue weighted by atomic mass is 16.6. The van der Waals surface area contributed by atoms with Crippen LogP contribution in [-0.4, -0.2) is 19.2 Å². The minimum Gasteiger partial charge on any atom is -0.478 e. The third kappa shape index (κ3) is 1.80. The van der Waals surface area contributed by atoms with Crippen LogP contribution >= 0.6 is 0 Å². The molecule has 80 valence electrons. The van der Waals surface area contributed by atoms with Crippen molar-refractivity contribution >= 4 is 5.97 Å². The Hall–Kier alpha value is -1.55. The van der Waals surface area contributed by atoms with Gasteiger partial charge in [0.2, 0.25) is 0 Å². The summed E-state index contributed by atoms with van der Waals surface area (Å²) in [6.45, 7) is 0.496. The fourth-order valence-electron chi connectivity index (χ4n) is 1.69. The molecule has 0 saturated heterocycles. The molecule has 1 aliphatic heterocycles. The molecule has 0 amide bonds. The summed E-state index contributed by atoms with van der Waals surface area (Å²) < 4.78 is 10.1. The molecule has 2 rings (SSSR count). The van der Waals surface area contributed by atoms with Crippen LogP contribution in [0.25, 0.3) is 0 Å². The van der Waals surface area contributed by atoms with Crippen LogP contribution in [0.15, 0.2) is 18.2 Å². The van der Waals surface area contributed by atoms with E-state index in [9.17, 15) is 4.79 Å². The topological polar surface area (TPSA) is 61.5 Å². The van der Waals surface area contributed by atoms with Gasteiger partial charge in [0.05, 0.1) is 7.11 Å². The number of fused-ring (bicyclic) bond motifs is 1. The first-order valence-electron chi connectivity index (χ1n) is 4.81. The van der Waals surface area contributed by atoms with Crippen molar-refractivity contribution in [2.45, 2.75) is 19.1 Å². The second-order valence-electron chi connectivity index (χ2n) is 3.48. The Morgan fingerprint density at radius 1 is 1.67 bits per heavy atom. The number of methoxy groups -OCH3 is 1. The average Bonchev–Trinajstić information content (AvgIpc) is 2.70. The first-order chi connectivity index (χ1) is 7.24. The summed E-state index contributed by atoms with van der Waals surface area (Å²) in [4.78, 5) is 11.3. The van der Waals surface area contributed by atoms with E-state index in [-0.39, 0.29) is 5.97 Å². The summed E-state index contributed by atoms with van der Waals surface area (Å²) in [6.07, 6.45) is 0.0635. The van der Waals surface area contributed by atoms with Gasteiger partial charge in [-0.3, -0.25) is 0 Å². The summed E-state index contributed by atoms with van der Waals surface area (Å²) >= 11 is 0.